The third kappa shape index (κ3) is 5.59. The Morgan fingerprint density at radius 2 is 2.06 bits per heavy atom. The van der Waals surface area contributed by atoms with Gasteiger partial charge in [-0.15, -0.1) is 0 Å². The number of halogens is 2. The number of hydrogen-bond acceptors (Lipinski definition) is 4. The molecule has 0 spiro atoms. The lowest BCUT2D eigenvalue weighted by atomic mass is 10.0. The van der Waals surface area contributed by atoms with Gasteiger partial charge in [0.15, 0.2) is 0 Å². The lowest BCUT2D eigenvalue weighted by molar-refractivity contribution is 0.168. The van der Waals surface area contributed by atoms with Gasteiger partial charge < -0.3 is 14.9 Å². The molecular formula is C21H22F2N2O5S. The van der Waals surface area contributed by atoms with Crippen molar-refractivity contribution in [1.82, 2.24) is 9.80 Å². The minimum atomic E-state index is -4.26. The molecule has 31 heavy (non-hydrogen) atoms. The van der Waals surface area contributed by atoms with Crippen molar-refractivity contribution in [2.45, 2.75) is 12.5 Å². The summed E-state index contributed by atoms with van der Waals surface area (Å²) < 4.78 is 59.1. The Kier molecular flexibility index (Phi) is 6.61. The highest BCUT2D eigenvalue weighted by Gasteiger charge is 2.34. The molecule has 2 N–H and O–H groups in total. The summed E-state index contributed by atoms with van der Waals surface area (Å²) in [7, 11) is -2.87. The van der Waals surface area contributed by atoms with Crippen molar-refractivity contribution in [3.8, 4) is 0 Å². The molecule has 1 heterocycles. The molecule has 2 amide bonds. The molecule has 1 atom stereocenters. The Morgan fingerprint density at radius 3 is 2.77 bits per heavy atom. The van der Waals surface area contributed by atoms with Crippen molar-refractivity contribution < 1.29 is 31.7 Å². The first-order valence-corrected chi connectivity index (χ1v) is 11.1. The predicted octanol–water partition coefficient (Wildman–Crippen LogP) is 3.30. The van der Waals surface area contributed by atoms with Gasteiger partial charge in [-0.25, -0.2) is 13.6 Å². The molecule has 1 aromatic rings. The zero-order valence-electron chi connectivity index (χ0n) is 16.7. The molecule has 0 fully saturated rings. The van der Waals surface area contributed by atoms with Gasteiger partial charge in [-0.3, -0.25) is 4.55 Å². The van der Waals surface area contributed by atoms with E-state index in [1.165, 1.54) is 18.0 Å². The number of rotatable bonds is 5. The van der Waals surface area contributed by atoms with Gasteiger partial charge in [0.1, 0.15) is 17.4 Å². The maximum absolute atomic E-state index is 14.4. The minimum absolute atomic E-state index is 0.0309. The fourth-order valence-corrected chi connectivity index (χ4v) is 3.95. The number of amides is 2. The van der Waals surface area contributed by atoms with Gasteiger partial charge in [0.25, 0.3) is 10.1 Å². The molecule has 0 saturated carbocycles. The smallest absolute Gasteiger partial charge is 0.320 e. The van der Waals surface area contributed by atoms with Crippen molar-refractivity contribution >= 4 is 21.7 Å². The SMILES string of the molecule is CN(CCS(=O)(=O)O)C(=O)N1CC(c2cc(F)ccc2F)=CC1C1=CC=CC(O)=CC1. The van der Waals surface area contributed by atoms with Crippen LogP contribution in [-0.2, 0) is 10.1 Å². The molecule has 0 aromatic heterocycles. The number of allylic oxidation sites excluding steroid dienone is 4. The number of urea groups is 1. The molecule has 3 rings (SSSR count). The van der Waals surface area contributed by atoms with E-state index in [9.17, 15) is 27.1 Å². The Balaban J connectivity index is 1.93. The van der Waals surface area contributed by atoms with E-state index in [2.05, 4.69) is 0 Å². The maximum atomic E-state index is 14.4. The van der Waals surface area contributed by atoms with E-state index in [0.717, 1.165) is 28.7 Å². The number of aliphatic hydroxyl groups excluding tert-OH is 1. The molecule has 1 unspecified atom stereocenters. The second kappa shape index (κ2) is 9.03. The highest BCUT2D eigenvalue weighted by molar-refractivity contribution is 7.85. The summed E-state index contributed by atoms with van der Waals surface area (Å²) in [5.41, 5.74) is 1.16. The van der Waals surface area contributed by atoms with Crippen LogP contribution in [0.3, 0.4) is 0 Å². The van der Waals surface area contributed by atoms with Crippen molar-refractivity contribution in [2.75, 3.05) is 25.9 Å². The molecule has 1 aromatic carbocycles. The maximum Gasteiger partial charge on any atom is 0.320 e. The highest BCUT2D eigenvalue weighted by atomic mass is 32.2. The molecule has 1 aliphatic heterocycles. The number of aliphatic hydroxyl groups is 1. The van der Waals surface area contributed by atoms with Crippen LogP contribution in [-0.4, -0.2) is 65.8 Å². The second-order valence-electron chi connectivity index (χ2n) is 7.31. The van der Waals surface area contributed by atoms with Crippen molar-refractivity contribution in [3.05, 3.63) is 77.1 Å². The van der Waals surface area contributed by atoms with E-state index in [4.69, 9.17) is 4.55 Å². The molecule has 7 nitrogen and oxygen atoms in total. The number of nitrogens with zero attached hydrogens (tertiary/aromatic N) is 2. The first kappa shape index (κ1) is 22.7. The summed E-state index contributed by atoms with van der Waals surface area (Å²) in [6.07, 6.45) is 8.37. The number of carbonyl (C=O) groups is 1. The van der Waals surface area contributed by atoms with E-state index in [-0.39, 0.29) is 24.4 Å². The van der Waals surface area contributed by atoms with Crippen molar-refractivity contribution in [3.63, 3.8) is 0 Å². The van der Waals surface area contributed by atoms with Gasteiger partial charge in [-0.1, -0.05) is 18.2 Å². The minimum Gasteiger partial charge on any atom is -0.508 e. The van der Waals surface area contributed by atoms with Crippen LogP contribution in [0.4, 0.5) is 13.6 Å². The summed E-state index contributed by atoms with van der Waals surface area (Å²) in [6.45, 7) is -0.277. The molecule has 0 radical (unpaired) electrons. The predicted molar refractivity (Wildman–Crippen MR) is 112 cm³/mol. The van der Waals surface area contributed by atoms with Crippen LogP contribution in [0, 0.1) is 11.6 Å². The Hall–Kier alpha value is -2.98. The van der Waals surface area contributed by atoms with Crippen LogP contribution in [0.5, 0.6) is 0 Å². The van der Waals surface area contributed by atoms with Crippen LogP contribution in [0.2, 0.25) is 0 Å². The number of hydrogen-bond donors (Lipinski definition) is 2. The number of carbonyl (C=O) groups excluding carboxylic acids is 1. The third-order valence-corrected chi connectivity index (χ3v) is 5.77. The molecule has 0 bridgehead atoms. The fraction of sp³-hybridized carbons (Fsp3) is 0.286. The van der Waals surface area contributed by atoms with Crippen LogP contribution >= 0.6 is 0 Å². The largest absolute Gasteiger partial charge is 0.508 e. The quantitative estimate of drug-likeness (QED) is 0.668. The van der Waals surface area contributed by atoms with Crippen LogP contribution in [0.15, 0.2) is 59.9 Å². The van der Waals surface area contributed by atoms with Crippen LogP contribution in [0.1, 0.15) is 12.0 Å². The summed E-state index contributed by atoms with van der Waals surface area (Å²) in [5.74, 6) is -1.82. The summed E-state index contributed by atoms with van der Waals surface area (Å²) in [4.78, 5) is 15.6. The standard InChI is InChI=1S/C21H22F2N2O5S/c1-24(9-10-31(28,29)30)21(27)25-13-15(18-12-16(22)6-8-19(18)23)11-20(25)14-3-2-4-17(26)7-5-14/h2-4,6-8,11-12,20,26H,5,9-10,13H2,1H3,(H,28,29,30). The first-order chi connectivity index (χ1) is 14.5. The summed E-state index contributed by atoms with van der Waals surface area (Å²) >= 11 is 0. The molecule has 1 aliphatic carbocycles. The van der Waals surface area contributed by atoms with Gasteiger partial charge in [0.05, 0.1) is 11.8 Å². The van der Waals surface area contributed by atoms with Crippen LogP contribution in [0.25, 0.3) is 5.57 Å². The molecule has 0 saturated heterocycles. The van der Waals surface area contributed by atoms with Crippen LogP contribution < -0.4 is 0 Å². The topological polar surface area (TPSA) is 98.2 Å². The Labute approximate surface area is 179 Å². The summed E-state index contributed by atoms with van der Waals surface area (Å²) in [6, 6.07) is 1.91. The second-order valence-corrected chi connectivity index (χ2v) is 8.88. The average Bonchev–Trinajstić information content (AvgIpc) is 3.02. The van der Waals surface area contributed by atoms with E-state index < -0.39 is 39.6 Å². The number of benzene rings is 1. The Morgan fingerprint density at radius 1 is 1.32 bits per heavy atom. The van der Waals surface area contributed by atoms with Gasteiger partial charge in [0, 0.05) is 25.7 Å². The zero-order valence-corrected chi connectivity index (χ0v) is 17.5. The van der Waals surface area contributed by atoms with Gasteiger partial charge in [-0.05, 0) is 47.9 Å². The van der Waals surface area contributed by atoms with E-state index in [0.29, 0.717) is 12.0 Å². The molecular weight excluding hydrogens is 430 g/mol. The molecule has 166 valence electrons. The highest BCUT2D eigenvalue weighted by Crippen LogP contribution is 2.33. The zero-order chi connectivity index (χ0) is 22.8. The van der Waals surface area contributed by atoms with E-state index in [1.54, 1.807) is 24.3 Å². The monoisotopic (exact) mass is 452 g/mol. The van der Waals surface area contributed by atoms with Gasteiger partial charge >= 0.3 is 6.03 Å². The van der Waals surface area contributed by atoms with E-state index in [1.807, 2.05) is 0 Å². The third-order valence-electron chi connectivity index (χ3n) is 5.07. The summed E-state index contributed by atoms with van der Waals surface area (Å²) in [5, 5.41) is 9.72. The fourth-order valence-electron chi connectivity index (χ4n) is 3.44. The van der Waals surface area contributed by atoms with E-state index >= 15 is 0 Å². The van der Waals surface area contributed by atoms with Crippen molar-refractivity contribution in [1.29, 1.82) is 0 Å². The van der Waals surface area contributed by atoms with Gasteiger partial charge in [-0.2, -0.15) is 8.42 Å². The average molecular weight is 452 g/mol. The lowest BCUT2D eigenvalue weighted by Crippen LogP contribution is -2.46. The lowest BCUT2D eigenvalue weighted by Gasteiger charge is -2.30. The normalized spacial score (nSPS) is 18.9. The van der Waals surface area contributed by atoms with Crippen molar-refractivity contribution in [2.24, 2.45) is 0 Å². The Bertz CT molecular complexity index is 1110. The van der Waals surface area contributed by atoms with Gasteiger partial charge in [0.2, 0.25) is 0 Å². The first-order valence-electron chi connectivity index (χ1n) is 9.44. The molecule has 10 heteroatoms. The molecule has 2 aliphatic rings.